The summed E-state index contributed by atoms with van der Waals surface area (Å²) in [5.41, 5.74) is 0.959. The van der Waals surface area contributed by atoms with Gasteiger partial charge in [-0.25, -0.2) is 4.98 Å². The summed E-state index contributed by atoms with van der Waals surface area (Å²) in [5, 5.41) is 3.79. The molecule has 0 aliphatic carbocycles. The van der Waals surface area contributed by atoms with Gasteiger partial charge in [0.1, 0.15) is 5.82 Å². The van der Waals surface area contributed by atoms with Crippen LogP contribution < -0.4 is 5.32 Å². The molecule has 0 amide bonds. The summed E-state index contributed by atoms with van der Waals surface area (Å²) in [4.78, 5) is 6.91. The average molecular weight is 256 g/mol. The Labute approximate surface area is 109 Å². The Morgan fingerprint density at radius 2 is 1.88 bits per heavy atom. The molecule has 4 heteroatoms. The number of halogens is 1. The topological polar surface area (TPSA) is 28.2 Å². The number of rotatable bonds is 7. The lowest BCUT2D eigenvalue weighted by molar-refractivity contribution is 0.263. The molecule has 3 nitrogen and oxygen atoms in total. The molecule has 0 bridgehead atoms. The van der Waals surface area contributed by atoms with Crippen LogP contribution in [0.15, 0.2) is 12.1 Å². The van der Waals surface area contributed by atoms with Gasteiger partial charge in [-0.15, -0.1) is 0 Å². The van der Waals surface area contributed by atoms with Crippen LogP contribution in [0, 0.1) is 0 Å². The van der Waals surface area contributed by atoms with Crippen molar-refractivity contribution in [1.82, 2.24) is 9.88 Å². The van der Waals surface area contributed by atoms with E-state index in [0.29, 0.717) is 0 Å². The summed E-state index contributed by atoms with van der Waals surface area (Å²) in [7, 11) is 1.87. The molecule has 0 aliphatic rings. The van der Waals surface area contributed by atoms with Crippen molar-refractivity contribution in [3.63, 3.8) is 0 Å². The monoisotopic (exact) mass is 255 g/mol. The first-order valence-corrected chi connectivity index (χ1v) is 6.64. The minimum absolute atomic E-state index is 0.751. The smallest absolute Gasteiger partial charge is 0.126 e. The summed E-state index contributed by atoms with van der Waals surface area (Å²) < 4.78 is 0. The van der Waals surface area contributed by atoms with Gasteiger partial charge in [-0.2, -0.15) is 0 Å². The zero-order valence-electron chi connectivity index (χ0n) is 11.0. The number of nitrogens with zero attached hydrogens (tertiary/aromatic N) is 2. The van der Waals surface area contributed by atoms with Crippen LogP contribution in [0.2, 0.25) is 5.02 Å². The van der Waals surface area contributed by atoms with E-state index in [2.05, 4.69) is 29.0 Å². The van der Waals surface area contributed by atoms with Gasteiger partial charge in [0.2, 0.25) is 0 Å². The molecule has 1 aromatic heterocycles. The molecule has 17 heavy (non-hydrogen) atoms. The summed E-state index contributed by atoms with van der Waals surface area (Å²) >= 11 is 6.18. The zero-order valence-corrected chi connectivity index (χ0v) is 11.7. The van der Waals surface area contributed by atoms with Crippen molar-refractivity contribution >= 4 is 17.4 Å². The van der Waals surface area contributed by atoms with Crippen molar-refractivity contribution in [3.05, 3.63) is 22.8 Å². The van der Waals surface area contributed by atoms with Gasteiger partial charge in [-0.3, -0.25) is 4.90 Å². The molecule has 0 saturated carbocycles. The quantitative estimate of drug-likeness (QED) is 0.810. The normalized spacial score (nSPS) is 10.9. The fourth-order valence-electron chi connectivity index (χ4n) is 1.85. The Kier molecular flexibility index (Phi) is 6.30. The second-order valence-corrected chi connectivity index (χ2v) is 4.56. The fourth-order valence-corrected chi connectivity index (χ4v) is 2.01. The van der Waals surface area contributed by atoms with Gasteiger partial charge in [0.25, 0.3) is 0 Å². The van der Waals surface area contributed by atoms with Crippen LogP contribution in [0.4, 0.5) is 5.82 Å². The average Bonchev–Trinajstić information content (AvgIpc) is 2.32. The number of aromatic nitrogens is 1. The molecule has 0 spiro atoms. The SMILES string of the molecule is CCCN(CCC)Cc1nc(NC)ccc1Cl. The number of anilines is 1. The number of hydrogen-bond donors (Lipinski definition) is 1. The Hall–Kier alpha value is -0.800. The molecule has 0 aliphatic heterocycles. The maximum Gasteiger partial charge on any atom is 0.126 e. The van der Waals surface area contributed by atoms with E-state index in [-0.39, 0.29) is 0 Å². The molecule has 1 aromatic rings. The number of hydrogen-bond acceptors (Lipinski definition) is 3. The first kappa shape index (κ1) is 14.3. The summed E-state index contributed by atoms with van der Waals surface area (Å²) in [6.07, 6.45) is 2.31. The summed E-state index contributed by atoms with van der Waals surface area (Å²) in [6, 6.07) is 3.81. The van der Waals surface area contributed by atoms with E-state index in [9.17, 15) is 0 Å². The lowest BCUT2D eigenvalue weighted by Gasteiger charge is -2.21. The largest absolute Gasteiger partial charge is 0.373 e. The molecule has 0 fully saturated rings. The van der Waals surface area contributed by atoms with Gasteiger partial charge in [0, 0.05) is 13.6 Å². The molecular formula is C13H22ClN3. The Morgan fingerprint density at radius 3 is 2.41 bits per heavy atom. The third kappa shape index (κ3) is 4.52. The third-order valence-electron chi connectivity index (χ3n) is 2.63. The van der Waals surface area contributed by atoms with Gasteiger partial charge < -0.3 is 5.32 Å². The van der Waals surface area contributed by atoms with Crippen LogP contribution in [-0.2, 0) is 6.54 Å². The number of pyridine rings is 1. The Bertz CT molecular complexity index is 335. The van der Waals surface area contributed by atoms with Crippen molar-refractivity contribution < 1.29 is 0 Å². The predicted octanol–water partition coefficient (Wildman–Crippen LogP) is 3.40. The number of nitrogens with one attached hydrogen (secondary N) is 1. The molecule has 1 N–H and O–H groups in total. The highest BCUT2D eigenvalue weighted by molar-refractivity contribution is 6.31. The van der Waals surface area contributed by atoms with E-state index in [4.69, 9.17) is 11.6 Å². The lowest BCUT2D eigenvalue weighted by Crippen LogP contribution is -2.25. The van der Waals surface area contributed by atoms with Crippen LogP contribution >= 0.6 is 11.6 Å². The lowest BCUT2D eigenvalue weighted by atomic mass is 10.3. The van der Waals surface area contributed by atoms with Crippen LogP contribution in [0.5, 0.6) is 0 Å². The molecule has 1 heterocycles. The second-order valence-electron chi connectivity index (χ2n) is 4.15. The van der Waals surface area contributed by atoms with E-state index in [1.54, 1.807) is 0 Å². The van der Waals surface area contributed by atoms with Gasteiger partial charge in [0.05, 0.1) is 10.7 Å². The Balaban J connectivity index is 2.76. The summed E-state index contributed by atoms with van der Waals surface area (Å²) in [6.45, 7) is 7.41. The Morgan fingerprint density at radius 1 is 1.24 bits per heavy atom. The minimum atomic E-state index is 0.751. The van der Waals surface area contributed by atoms with Gasteiger partial charge >= 0.3 is 0 Å². The third-order valence-corrected chi connectivity index (χ3v) is 2.97. The highest BCUT2D eigenvalue weighted by Crippen LogP contribution is 2.18. The van der Waals surface area contributed by atoms with Crippen LogP contribution in [0.1, 0.15) is 32.4 Å². The molecular weight excluding hydrogens is 234 g/mol. The van der Waals surface area contributed by atoms with Gasteiger partial charge in [-0.05, 0) is 38.1 Å². The van der Waals surface area contributed by atoms with Crippen molar-refractivity contribution in [3.8, 4) is 0 Å². The second kappa shape index (κ2) is 7.51. The van der Waals surface area contributed by atoms with Crippen LogP contribution in [0.25, 0.3) is 0 Å². The molecule has 0 radical (unpaired) electrons. The van der Waals surface area contributed by atoms with E-state index in [0.717, 1.165) is 49.0 Å². The minimum Gasteiger partial charge on any atom is -0.373 e. The van der Waals surface area contributed by atoms with Gasteiger partial charge in [-0.1, -0.05) is 25.4 Å². The first-order valence-electron chi connectivity index (χ1n) is 6.26. The molecule has 0 unspecified atom stereocenters. The highest BCUT2D eigenvalue weighted by Gasteiger charge is 2.09. The standard InChI is InChI=1S/C13H22ClN3/c1-4-8-17(9-5-2)10-12-11(14)6-7-13(15-3)16-12/h6-7H,4-5,8-10H2,1-3H3,(H,15,16). The van der Waals surface area contributed by atoms with Crippen LogP contribution in [-0.4, -0.2) is 30.0 Å². The van der Waals surface area contributed by atoms with Gasteiger partial charge in [0.15, 0.2) is 0 Å². The molecule has 0 saturated heterocycles. The van der Waals surface area contributed by atoms with E-state index >= 15 is 0 Å². The molecule has 96 valence electrons. The van der Waals surface area contributed by atoms with Crippen LogP contribution in [0.3, 0.4) is 0 Å². The fraction of sp³-hybridized carbons (Fsp3) is 0.615. The maximum atomic E-state index is 6.18. The van der Waals surface area contributed by atoms with E-state index < -0.39 is 0 Å². The maximum absolute atomic E-state index is 6.18. The molecule has 1 rings (SSSR count). The van der Waals surface area contributed by atoms with Crippen molar-refractivity contribution in [2.75, 3.05) is 25.5 Å². The predicted molar refractivity (Wildman–Crippen MR) is 74.7 cm³/mol. The summed E-state index contributed by atoms with van der Waals surface area (Å²) in [5.74, 6) is 0.873. The van der Waals surface area contributed by atoms with Crippen molar-refractivity contribution in [2.24, 2.45) is 0 Å². The molecule has 0 aromatic carbocycles. The highest BCUT2D eigenvalue weighted by atomic mass is 35.5. The first-order chi connectivity index (χ1) is 8.21. The zero-order chi connectivity index (χ0) is 12.7. The van der Waals surface area contributed by atoms with Crippen molar-refractivity contribution in [2.45, 2.75) is 33.2 Å². The molecule has 0 atom stereocenters. The van der Waals surface area contributed by atoms with Crippen molar-refractivity contribution in [1.29, 1.82) is 0 Å². The van der Waals surface area contributed by atoms with E-state index in [1.807, 2.05) is 19.2 Å². The van der Waals surface area contributed by atoms with E-state index in [1.165, 1.54) is 0 Å².